The Balaban J connectivity index is 2.87. The van der Waals surface area contributed by atoms with Crippen molar-refractivity contribution in [1.29, 1.82) is 0 Å². The van der Waals surface area contributed by atoms with Crippen LogP contribution in [0.1, 0.15) is 77.6 Å². The fourth-order valence-corrected chi connectivity index (χ4v) is 1.99. The van der Waals surface area contributed by atoms with Gasteiger partial charge in [-0.3, -0.25) is 0 Å². The Bertz CT molecular complexity index is 148. The van der Waals surface area contributed by atoms with E-state index in [4.69, 9.17) is 0 Å². The van der Waals surface area contributed by atoms with Crippen molar-refractivity contribution in [2.45, 2.75) is 77.6 Å². The molecule has 0 aromatic heterocycles. The van der Waals surface area contributed by atoms with Crippen LogP contribution in [0, 0.1) is 0 Å². The molecule has 0 heterocycles. The van der Waals surface area contributed by atoms with E-state index in [-0.39, 0.29) is 0 Å². The van der Waals surface area contributed by atoms with Crippen molar-refractivity contribution in [2.75, 3.05) is 13.1 Å². The highest BCUT2D eigenvalue weighted by Crippen LogP contribution is 2.04. The smallest absolute Gasteiger partial charge is 0.119 e. The van der Waals surface area contributed by atoms with Gasteiger partial charge in [0, 0.05) is 6.42 Å². The highest BCUT2D eigenvalue weighted by molar-refractivity contribution is 5.48. The maximum Gasteiger partial charge on any atom is 0.119 e. The largest absolute Gasteiger partial charge is 0.317 e. The molecule has 0 radical (unpaired) electrons. The number of hydrogen-bond donors (Lipinski definition) is 1. The van der Waals surface area contributed by atoms with Gasteiger partial charge in [0.25, 0.3) is 0 Å². The Morgan fingerprint density at radius 1 is 0.765 bits per heavy atom. The second-order valence-corrected chi connectivity index (χ2v) is 4.89. The summed E-state index contributed by atoms with van der Waals surface area (Å²) in [5.74, 6) is 0. The number of aldehydes is 1. The van der Waals surface area contributed by atoms with Crippen LogP contribution in [-0.4, -0.2) is 19.4 Å². The molecule has 0 fully saturated rings. The van der Waals surface area contributed by atoms with Crippen molar-refractivity contribution in [1.82, 2.24) is 5.32 Å². The van der Waals surface area contributed by atoms with Gasteiger partial charge in [0.1, 0.15) is 6.29 Å². The van der Waals surface area contributed by atoms with Crippen LogP contribution in [0.5, 0.6) is 0 Å². The van der Waals surface area contributed by atoms with Gasteiger partial charge in [0.2, 0.25) is 0 Å². The summed E-state index contributed by atoms with van der Waals surface area (Å²) < 4.78 is 0. The maximum atomic E-state index is 10.1. The van der Waals surface area contributed by atoms with Gasteiger partial charge in [-0.15, -0.1) is 0 Å². The molecule has 2 nitrogen and oxygen atoms in total. The average Bonchev–Trinajstić information content (AvgIpc) is 2.35. The van der Waals surface area contributed by atoms with Crippen LogP contribution in [-0.2, 0) is 4.79 Å². The first-order chi connectivity index (χ1) is 8.41. The predicted octanol–water partition coefficient (Wildman–Crippen LogP) is 4.09. The molecule has 0 spiro atoms. The molecule has 0 aliphatic carbocycles. The molecule has 2 heteroatoms. The van der Waals surface area contributed by atoms with Gasteiger partial charge >= 0.3 is 0 Å². The van der Waals surface area contributed by atoms with E-state index in [2.05, 4.69) is 12.2 Å². The Labute approximate surface area is 108 Å². The standard InChI is InChI=1S/C15H31NO/c1-2-3-4-7-10-13-16-14-11-8-5-6-9-12-15-17/h15-16H,2-14H2,1H3. The lowest BCUT2D eigenvalue weighted by Crippen LogP contribution is -2.16. The van der Waals surface area contributed by atoms with Crippen molar-refractivity contribution in [3.05, 3.63) is 0 Å². The van der Waals surface area contributed by atoms with Gasteiger partial charge in [-0.2, -0.15) is 0 Å². The van der Waals surface area contributed by atoms with Crippen molar-refractivity contribution < 1.29 is 4.79 Å². The predicted molar refractivity (Wildman–Crippen MR) is 75.4 cm³/mol. The molecule has 102 valence electrons. The van der Waals surface area contributed by atoms with Crippen molar-refractivity contribution in [2.24, 2.45) is 0 Å². The van der Waals surface area contributed by atoms with E-state index in [1.807, 2.05) is 0 Å². The van der Waals surface area contributed by atoms with Crippen LogP contribution in [0.15, 0.2) is 0 Å². The topological polar surface area (TPSA) is 29.1 Å². The van der Waals surface area contributed by atoms with Gasteiger partial charge in [-0.25, -0.2) is 0 Å². The molecule has 0 saturated carbocycles. The summed E-state index contributed by atoms with van der Waals surface area (Å²) in [7, 11) is 0. The van der Waals surface area contributed by atoms with Crippen LogP contribution < -0.4 is 5.32 Å². The number of carbonyl (C=O) groups is 1. The van der Waals surface area contributed by atoms with Crippen LogP contribution in [0.2, 0.25) is 0 Å². The van der Waals surface area contributed by atoms with E-state index in [1.54, 1.807) is 0 Å². The summed E-state index contributed by atoms with van der Waals surface area (Å²) in [6, 6.07) is 0. The Kier molecular flexibility index (Phi) is 15.3. The van der Waals surface area contributed by atoms with Crippen molar-refractivity contribution >= 4 is 6.29 Å². The molecule has 0 saturated heterocycles. The second kappa shape index (κ2) is 15.6. The zero-order valence-corrected chi connectivity index (χ0v) is 11.7. The zero-order chi connectivity index (χ0) is 12.6. The third-order valence-electron chi connectivity index (χ3n) is 3.13. The third-order valence-corrected chi connectivity index (χ3v) is 3.13. The van der Waals surface area contributed by atoms with E-state index >= 15 is 0 Å². The Hall–Kier alpha value is -0.370. The molecular weight excluding hydrogens is 210 g/mol. The minimum atomic E-state index is 0.746. The van der Waals surface area contributed by atoms with E-state index < -0.39 is 0 Å². The quantitative estimate of drug-likeness (QED) is 0.367. The molecular formula is C15H31NO. The molecule has 17 heavy (non-hydrogen) atoms. The van der Waals surface area contributed by atoms with Crippen molar-refractivity contribution in [3.63, 3.8) is 0 Å². The highest BCUT2D eigenvalue weighted by Gasteiger charge is 1.92. The molecule has 0 aliphatic heterocycles. The number of rotatable bonds is 14. The first kappa shape index (κ1) is 16.6. The molecule has 0 bridgehead atoms. The molecule has 0 atom stereocenters. The minimum Gasteiger partial charge on any atom is -0.317 e. The molecule has 0 aliphatic rings. The first-order valence-electron chi connectivity index (χ1n) is 7.56. The summed E-state index contributed by atoms with van der Waals surface area (Å²) in [6.07, 6.45) is 14.8. The molecule has 0 rings (SSSR count). The van der Waals surface area contributed by atoms with Crippen LogP contribution in [0.3, 0.4) is 0 Å². The van der Waals surface area contributed by atoms with Crippen LogP contribution >= 0.6 is 0 Å². The number of unbranched alkanes of at least 4 members (excludes halogenated alkanes) is 9. The second-order valence-electron chi connectivity index (χ2n) is 4.89. The number of nitrogens with one attached hydrogen (secondary N) is 1. The van der Waals surface area contributed by atoms with E-state index in [1.165, 1.54) is 70.9 Å². The summed E-state index contributed by atoms with van der Waals surface area (Å²) >= 11 is 0. The Morgan fingerprint density at radius 3 is 1.88 bits per heavy atom. The van der Waals surface area contributed by atoms with E-state index in [9.17, 15) is 4.79 Å². The van der Waals surface area contributed by atoms with Crippen LogP contribution in [0.4, 0.5) is 0 Å². The highest BCUT2D eigenvalue weighted by atomic mass is 16.1. The van der Waals surface area contributed by atoms with Crippen molar-refractivity contribution in [3.8, 4) is 0 Å². The van der Waals surface area contributed by atoms with Crippen LogP contribution in [0.25, 0.3) is 0 Å². The van der Waals surface area contributed by atoms with Gasteiger partial charge in [-0.1, -0.05) is 51.9 Å². The lowest BCUT2D eigenvalue weighted by molar-refractivity contribution is -0.107. The lowest BCUT2D eigenvalue weighted by Gasteiger charge is -2.04. The lowest BCUT2D eigenvalue weighted by atomic mass is 10.1. The van der Waals surface area contributed by atoms with Gasteiger partial charge in [-0.05, 0) is 32.4 Å². The van der Waals surface area contributed by atoms with Gasteiger partial charge in [0.15, 0.2) is 0 Å². The maximum absolute atomic E-state index is 10.1. The number of hydrogen-bond acceptors (Lipinski definition) is 2. The number of carbonyl (C=O) groups excluding carboxylic acids is 1. The molecule has 1 N–H and O–H groups in total. The zero-order valence-electron chi connectivity index (χ0n) is 11.7. The summed E-state index contributed by atoms with van der Waals surface area (Å²) in [4.78, 5) is 10.1. The third kappa shape index (κ3) is 15.6. The summed E-state index contributed by atoms with van der Waals surface area (Å²) in [5.41, 5.74) is 0. The Morgan fingerprint density at radius 2 is 1.29 bits per heavy atom. The van der Waals surface area contributed by atoms with Gasteiger partial charge in [0.05, 0.1) is 0 Å². The fraction of sp³-hybridized carbons (Fsp3) is 0.933. The molecule has 0 amide bonds. The minimum absolute atomic E-state index is 0.746. The normalized spacial score (nSPS) is 10.6. The van der Waals surface area contributed by atoms with E-state index in [0.29, 0.717) is 0 Å². The fourth-order valence-electron chi connectivity index (χ4n) is 1.99. The molecule has 0 unspecified atom stereocenters. The van der Waals surface area contributed by atoms with Gasteiger partial charge < -0.3 is 10.1 Å². The SMILES string of the molecule is CCCCCCCNCCCCCCCC=O. The average molecular weight is 241 g/mol. The molecule has 0 aromatic rings. The molecule has 0 aromatic carbocycles. The first-order valence-corrected chi connectivity index (χ1v) is 7.56. The summed E-state index contributed by atoms with van der Waals surface area (Å²) in [5, 5.41) is 3.51. The van der Waals surface area contributed by atoms with E-state index in [0.717, 1.165) is 19.1 Å². The monoisotopic (exact) mass is 241 g/mol. The summed E-state index contributed by atoms with van der Waals surface area (Å²) in [6.45, 7) is 4.61.